The molecule has 3 aromatic carbocycles. The monoisotopic (exact) mass is 435 g/mol. The molecule has 0 amide bonds. The molecule has 0 aliphatic rings. The van der Waals surface area contributed by atoms with E-state index in [0.29, 0.717) is 28.9 Å². The van der Waals surface area contributed by atoms with Crippen molar-refractivity contribution >= 4 is 11.6 Å². The molecular weight excluding hydrogens is 414 g/mol. The molecule has 1 heterocycles. The third-order valence-corrected chi connectivity index (χ3v) is 5.38. The van der Waals surface area contributed by atoms with Crippen molar-refractivity contribution in [1.29, 1.82) is 0 Å². The second kappa shape index (κ2) is 9.14. The Labute approximate surface area is 186 Å². The molecule has 0 aliphatic carbocycles. The Morgan fingerprint density at radius 1 is 0.903 bits per heavy atom. The van der Waals surface area contributed by atoms with Crippen molar-refractivity contribution in [2.24, 2.45) is 0 Å². The van der Waals surface area contributed by atoms with Crippen molar-refractivity contribution < 1.29 is 18.7 Å². The number of hydrogen-bond acceptors (Lipinski definition) is 5. The van der Waals surface area contributed by atoms with Gasteiger partial charge in [0.2, 0.25) is 0 Å². The Morgan fingerprint density at radius 3 is 2.32 bits per heavy atom. The van der Waals surface area contributed by atoms with Crippen molar-refractivity contribution in [2.45, 2.75) is 13.5 Å². The normalized spacial score (nSPS) is 10.7. The first-order valence-electron chi connectivity index (χ1n) is 9.76. The van der Waals surface area contributed by atoms with E-state index in [9.17, 15) is 0 Å². The fourth-order valence-corrected chi connectivity index (χ4v) is 3.55. The Morgan fingerprint density at radius 2 is 1.61 bits per heavy atom. The van der Waals surface area contributed by atoms with Crippen LogP contribution in [-0.2, 0) is 6.61 Å². The van der Waals surface area contributed by atoms with Crippen LogP contribution in [0.25, 0.3) is 22.5 Å². The van der Waals surface area contributed by atoms with Gasteiger partial charge >= 0.3 is 0 Å². The molecule has 0 atom stereocenters. The molecule has 5 nitrogen and oxygen atoms in total. The molecule has 0 unspecified atom stereocenters. The van der Waals surface area contributed by atoms with Crippen molar-refractivity contribution in [3.8, 4) is 39.7 Å². The zero-order valence-electron chi connectivity index (χ0n) is 17.5. The van der Waals surface area contributed by atoms with E-state index in [2.05, 4.69) is 5.16 Å². The smallest absolute Gasteiger partial charge is 0.178 e. The molecule has 4 aromatic rings. The van der Waals surface area contributed by atoms with Gasteiger partial charge in [-0.3, -0.25) is 0 Å². The average Bonchev–Trinajstić information content (AvgIpc) is 3.19. The standard InChI is InChI=1S/C25H22ClNO4/c1-16-24(17-8-10-19(28-2)11-9-17)25(31-27-16)21-13-12-20(29-3)14-23(21)30-15-18-6-4-5-7-22(18)26/h4-14H,15H2,1-3H3. The Hall–Kier alpha value is -3.44. The number of aryl methyl sites for hydroxylation is 1. The first-order chi connectivity index (χ1) is 15.1. The van der Waals surface area contributed by atoms with Crippen LogP contribution in [0.1, 0.15) is 11.3 Å². The van der Waals surface area contributed by atoms with Crippen LogP contribution in [0.4, 0.5) is 0 Å². The fourth-order valence-electron chi connectivity index (χ4n) is 3.36. The van der Waals surface area contributed by atoms with Gasteiger partial charge in [-0.05, 0) is 42.8 Å². The number of rotatable bonds is 7. The van der Waals surface area contributed by atoms with Crippen LogP contribution in [0.3, 0.4) is 0 Å². The molecule has 31 heavy (non-hydrogen) atoms. The zero-order valence-corrected chi connectivity index (χ0v) is 18.3. The average molecular weight is 436 g/mol. The highest BCUT2D eigenvalue weighted by atomic mass is 35.5. The summed E-state index contributed by atoms with van der Waals surface area (Å²) < 4.78 is 22.6. The highest BCUT2D eigenvalue weighted by molar-refractivity contribution is 6.31. The Kier molecular flexibility index (Phi) is 6.14. The highest BCUT2D eigenvalue weighted by Crippen LogP contribution is 2.41. The van der Waals surface area contributed by atoms with E-state index in [1.807, 2.05) is 73.7 Å². The van der Waals surface area contributed by atoms with E-state index in [0.717, 1.165) is 33.7 Å². The van der Waals surface area contributed by atoms with Gasteiger partial charge in [-0.25, -0.2) is 0 Å². The Balaban J connectivity index is 1.75. The second-order valence-corrected chi connectivity index (χ2v) is 7.35. The summed E-state index contributed by atoms with van der Waals surface area (Å²) in [6, 6.07) is 21.0. The van der Waals surface area contributed by atoms with Gasteiger partial charge in [0.05, 0.1) is 31.0 Å². The zero-order chi connectivity index (χ0) is 21.8. The SMILES string of the molecule is COc1ccc(-c2c(C)noc2-c2ccc(OC)cc2OCc2ccccc2Cl)cc1. The van der Waals surface area contributed by atoms with Crippen LogP contribution in [0.15, 0.2) is 71.3 Å². The predicted molar refractivity (Wildman–Crippen MR) is 121 cm³/mol. The molecule has 158 valence electrons. The third-order valence-electron chi connectivity index (χ3n) is 5.02. The van der Waals surface area contributed by atoms with E-state index >= 15 is 0 Å². The van der Waals surface area contributed by atoms with Gasteiger partial charge < -0.3 is 18.7 Å². The molecule has 4 rings (SSSR count). The third kappa shape index (κ3) is 4.37. The largest absolute Gasteiger partial charge is 0.497 e. The van der Waals surface area contributed by atoms with Crippen molar-refractivity contribution in [3.05, 3.63) is 83.0 Å². The molecule has 1 aromatic heterocycles. The van der Waals surface area contributed by atoms with Gasteiger partial charge in [-0.15, -0.1) is 0 Å². The summed E-state index contributed by atoms with van der Waals surface area (Å²) in [7, 11) is 3.26. The lowest BCUT2D eigenvalue weighted by Crippen LogP contribution is -1.98. The molecule has 0 spiro atoms. The molecule has 0 saturated heterocycles. The van der Waals surface area contributed by atoms with E-state index in [1.165, 1.54) is 0 Å². The first kappa shape index (κ1) is 20.8. The van der Waals surface area contributed by atoms with Crippen LogP contribution in [0.2, 0.25) is 5.02 Å². The minimum atomic E-state index is 0.310. The summed E-state index contributed by atoms with van der Waals surface area (Å²) in [6.45, 7) is 2.23. The summed E-state index contributed by atoms with van der Waals surface area (Å²) in [5.74, 6) is 2.71. The maximum absolute atomic E-state index is 6.30. The number of methoxy groups -OCH3 is 2. The van der Waals surface area contributed by atoms with Gasteiger partial charge in [0.15, 0.2) is 5.76 Å². The maximum Gasteiger partial charge on any atom is 0.178 e. The number of nitrogens with zero attached hydrogens (tertiary/aromatic N) is 1. The van der Waals surface area contributed by atoms with E-state index in [-0.39, 0.29) is 0 Å². The topological polar surface area (TPSA) is 53.7 Å². The highest BCUT2D eigenvalue weighted by Gasteiger charge is 2.21. The van der Waals surface area contributed by atoms with Gasteiger partial charge in [-0.1, -0.05) is 47.1 Å². The van der Waals surface area contributed by atoms with Gasteiger partial charge in [-0.2, -0.15) is 0 Å². The summed E-state index contributed by atoms with van der Waals surface area (Å²) in [5.41, 5.74) is 4.33. The van der Waals surface area contributed by atoms with Crippen LogP contribution in [-0.4, -0.2) is 19.4 Å². The van der Waals surface area contributed by atoms with Gasteiger partial charge in [0.1, 0.15) is 23.9 Å². The van der Waals surface area contributed by atoms with Crippen LogP contribution in [0, 0.1) is 6.92 Å². The van der Waals surface area contributed by atoms with Gasteiger partial charge in [0, 0.05) is 16.7 Å². The summed E-state index contributed by atoms with van der Waals surface area (Å²) in [5, 5.41) is 4.87. The Bertz CT molecular complexity index is 1180. The van der Waals surface area contributed by atoms with Crippen molar-refractivity contribution in [1.82, 2.24) is 5.16 Å². The minimum absolute atomic E-state index is 0.310. The molecule has 0 saturated carbocycles. The molecule has 0 N–H and O–H groups in total. The summed E-state index contributed by atoms with van der Waals surface area (Å²) in [4.78, 5) is 0. The summed E-state index contributed by atoms with van der Waals surface area (Å²) in [6.07, 6.45) is 0. The first-order valence-corrected chi connectivity index (χ1v) is 10.1. The molecule has 0 fully saturated rings. The number of aromatic nitrogens is 1. The van der Waals surface area contributed by atoms with Crippen molar-refractivity contribution in [3.63, 3.8) is 0 Å². The molecular formula is C25H22ClNO4. The second-order valence-electron chi connectivity index (χ2n) is 6.94. The van der Waals surface area contributed by atoms with E-state index < -0.39 is 0 Å². The van der Waals surface area contributed by atoms with E-state index in [1.54, 1.807) is 14.2 Å². The lowest BCUT2D eigenvalue weighted by atomic mass is 9.99. The maximum atomic E-state index is 6.30. The van der Waals surface area contributed by atoms with Crippen molar-refractivity contribution in [2.75, 3.05) is 14.2 Å². The molecule has 6 heteroatoms. The number of halogens is 1. The minimum Gasteiger partial charge on any atom is -0.497 e. The van der Waals surface area contributed by atoms with Crippen LogP contribution in [0.5, 0.6) is 17.2 Å². The number of ether oxygens (including phenoxy) is 3. The summed E-state index contributed by atoms with van der Waals surface area (Å²) >= 11 is 6.30. The quantitative estimate of drug-likeness (QED) is 0.328. The predicted octanol–water partition coefficient (Wildman–Crippen LogP) is 6.57. The van der Waals surface area contributed by atoms with E-state index in [4.69, 9.17) is 30.3 Å². The van der Waals surface area contributed by atoms with Gasteiger partial charge in [0.25, 0.3) is 0 Å². The lowest BCUT2D eigenvalue weighted by Gasteiger charge is -2.13. The lowest BCUT2D eigenvalue weighted by molar-refractivity contribution is 0.303. The van der Waals surface area contributed by atoms with Crippen LogP contribution >= 0.6 is 11.6 Å². The molecule has 0 bridgehead atoms. The fraction of sp³-hybridized carbons (Fsp3) is 0.160. The van der Waals surface area contributed by atoms with Crippen LogP contribution < -0.4 is 14.2 Å². The number of hydrogen-bond donors (Lipinski definition) is 0. The molecule has 0 radical (unpaired) electrons. The molecule has 0 aliphatic heterocycles. The number of benzene rings is 3.